The summed E-state index contributed by atoms with van der Waals surface area (Å²) in [6.07, 6.45) is 3.93. The largest absolute Gasteiger partial charge is 0.312 e. The van der Waals surface area contributed by atoms with Gasteiger partial charge in [0, 0.05) is 29.6 Å². The maximum absolute atomic E-state index is 3.69. The van der Waals surface area contributed by atoms with Crippen LogP contribution < -0.4 is 5.32 Å². The van der Waals surface area contributed by atoms with E-state index in [9.17, 15) is 0 Å². The quantitative estimate of drug-likeness (QED) is 0.920. The number of likely N-dealkylation sites (tertiary alicyclic amines) is 1. The van der Waals surface area contributed by atoms with Crippen LogP contribution in [0.25, 0.3) is 0 Å². The number of benzene rings is 1. The number of halogens is 1. The smallest absolute Gasteiger partial charge is 0.0235 e. The molecule has 1 unspecified atom stereocenters. The Morgan fingerprint density at radius 1 is 1.32 bits per heavy atom. The average molecular weight is 323 g/mol. The van der Waals surface area contributed by atoms with Crippen LogP contribution in [0.1, 0.15) is 25.3 Å². The van der Waals surface area contributed by atoms with Crippen LogP contribution in [0.15, 0.2) is 28.7 Å². The lowest BCUT2D eigenvalue weighted by Crippen LogP contribution is -2.41. The van der Waals surface area contributed by atoms with Gasteiger partial charge in [0.05, 0.1) is 0 Å². The van der Waals surface area contributed by atoms with Gasteiger partial charge in [0.2, 0.25) is 0 Å². The molecule has 2 aliphatic rings. The molecule has 0 aliphatic carbocycles. The summed E-state index contributed by atoms with van der Waals surface area (Å²) >= 11 is 3.50. The molecule has 0 bridgehead atoms. The zero-order chi connectivity index (χ0) is 13.2. The Balaban J connectivity index is 1.58. The third-order valence-corrected chi connectivity index (χ3v) is 5.22. The molecular formula is C16H23BrN2. The molecule has 0 saturated carbocycles. The summed E-state index contributed by atoms with van der Waals surface area (Å²) in [5.41, 5.74) is 1.44. The second-order valence-corrected chi connectivity index (χ2v) is 7.01. The standard InChI is InChI=1S/C16H23BrN2/c1-12(9-13-4-6-15(17)7-5-13)19-10-14-3-2-8-18-16(14)11-19/h4-7,12,14,16,18H,2-3,8-11H2,1H3/t12?,14-,16+/m0/s1. The van der Waals surface area contributed by atoms with Crippen molar-refractivity contribution in [3.8, 4) is 0 Å². The second kappa shape index (κ2) is 5.94. The number of hydrogen-bond donors (Lipinski definition) is 1. The molecule has 0 aromatic heterocycles. The van der Waals surface area contributed by atoms with E-state index in [-0.39, 0.29) is 0 Å². The Hall–Kier alpha value is -0.380. The van der Waals surface area contributed by atoms with Crippen LogP contribution in [0.4, 0.5) is 0 Å². The van der Waals surface area contributed by atoms with Crippen LogP contribution in [-0.4, -0.2) is 36.6 Å². The van der Waals surface area contributed by atoms with Crippen molar-refractivity contribution in [2.75, 3.05) is 19.6 Å². The predicted molar refractivity (Wildman–Crippen MR) is 83.4 cm³/mol. The van der Waals surface area contributed by atoms with Crippen molar-refractivity contribution in [1.82, 2.24) is 10.2 Å². The van der Waals surface area contributed by atoms with Crippen molar-refractivity contribution in [1.29, 1.82) is 0 Å². The summed E-state index contributed by atoms with van der Waals surface area (Å²) in [6, 6.07) is 10.2. The van der Waals surface area contributed by atoms with E-state index in [2.05, 4.69) is 57.3 Å². The molecule has 3 atom stereocenters. The summed E-state index contributed by atoms with van der Waals surface area (Å²) in [7, 11) is 0. The molecule has 104 valence electrons. The molecule has 0 spiro atoms. The van der Waals surface area contributed by atoms with Gasteiger partial charge in [-0.2, -0.15) is 0 Å². The summed E-state index contributed by atoms with van der Waals surface area (Å²) in [5.74, 6) is 0.890. The van der Waals surface area contributed by atoms with E-state index < -0.39 is 0 Å². The minimum Gasteiger partial charge on any atom is -0.312 e. The Labute approximate surface area is 124 Å². The normalized spacial score (nSPS) is 29.2. The highest BCUT2D eigenvalue weighted by molar-refractivity contribution is 9.10. The summed E-state index contributed by atoms with van der Waals surface area (Å²) in [6.45, 7) is 6.12. The average Bonchev–Trinajstić information content (AvgIpc) is 2.85. The molecule has 1 aromatic carbocycles. The summed E-state index contributed by atoms with van der Waals surface area (Å²) in [5, 5.41) is 3.69. The van der Waals surface area contributed by atoms with Gasteiger partial charge in [-0.25, -0.2) is 0 Å². The second-order valence-electron chi connectivity index (χ2n) is 6.10. The number of fused-ring (bicyclic) bond motifs is 1. The molecule has 3 rings (SSSR count). The van der Waals surface area contributed by atoms with Gasteiger partial charge in [-0.05, 0) is 56.3 Å². The van der Waals surface area contributed by atoms with E-state index in [4.69, 9.17) is 0 Å². The van der Waals surface area contributed by atoms with Gasteiger partial charge < -0.3 is 5.32 Å². The molecule has 2 saturated heterocycles. The van der Waals surface area contributed by atoms with E-state index in [0.29, 0.717) is 6.04 Å². The van der Waals surface area contributed by atoms with Gasteiger partial charge in [-0.15, -0.1) is 0 Å². The van der Waals surface area contributed by atoms with Gasteiger partial charge >= 0.3 is 0 Å². The van der Waals surface area contributed by atoms with Crippen LogP contribution in [0.5, 0.6) is 0 Å². The molecule has 2 heterocycles. The van der Waals surface area contributed by atoms with Crippen molar-refractivity contribution in [2.24, 2.45) is 5.92 Å². The number of piperidine rings is 1. The van der Waals surface area contributed by atoms with Crippen molar-refractivity contribution in [3.63, 3.8) is 0 Å². The third kappa shape index (κ3) is 3.21. The molecule has 3 heteroatoms. The first kappa shape index (κ1) is 13.6. The minimum absolute atomic E-state index is 0.647. The van der Waals surface area contributed by atoms with Crippen LogP contribution in [-0.2, 0) is 6.42 Å². The molecule has 1 aromatic rings. The third-order valence-electron chi connectivity index (χ3n) is 4.70. The van der Waals surface area contributed by atoms with E-state index in [1.165, 1.54) is 42.5 Å². The molecule has 2 fully saturated rings. The molecular weight excluding hydrogens is 300 g/mol. The Morgan fingerprint density at radius 3 is 2.84 bits per heavy atom. The maximum atomic E-state index is 3.69. The first-order valence-corrected chi connectivity index (χ1v) is 8.23. The number of hydrogen-bond acceptors (Lipinski definition) is 2. The molecule has 2 aliphatic heterocycles. The highest BCUT2D eigenvalue weighted by atomic mass is 79.9. The fraction of sp³-hybridized carbons (Fsp3) is 0.625. The van der Waals surface area contributed by atoms with E-state index >= 15 is 0 Å². The highest BCUT2D eigenvalue weighted by Crippen LogP contribution is 2.27. The Kier molecular flexibility index (Phi) is 4.25. The van der Waals surface area contributed by atoms with Crippen LogP contribution >= 0.6 is 15.9 Å². The lowest BCUT2D eigenvalue weighted by molar-refractivity contribution is 0.246. The van der Waals surface area contributed by atoms with E-state index in [1.807, 2.05) is 0 Å². The maximum Gasteiger partial charge on any atom is 0.0235 e. The fourth-order valence-electron chi connectivity index (χ4n) is 3.53. The van der Waals surface area contributed by atoms with Gasteiger partial charge in [0.15, 0.2) is 0 Å². The van der Waals surface area contributed by atoms with Crippen LogP contribution in [0.2, 0.25) is 0 Å². The number of rotatable bonds is 3. The molecule has 0 amide bonds. The van der Waals surface area contributed by atoms with Crippen molar-refractivity contribution >= 4 is 15.9 Å². The Morgan fingerprint density at radius 2 is 2.11 bits per heavy atom. The molecule has 1 N–H and O–H groups in total. The minimum atomic E-state index is 0.647. The molecule has 2 nitrogen and oxygen atoms in total. The zero-order valence-corrected chi connectivity index (χ0v) is 13.2. The molecule has 19 heavy (non-hydrogen) atoms. The monoisotopic (exact) mass is 322 g/mol. The fourth-order valence-corrected chi connectivity index (χ4v) is 3.80. The van der Waals surface area contributed by atoms with Gasteiger partial charge in [0.25, 0.3) is 0 Å². The first-order chi connectivity index (χ1) is 9.22. The lowest BCUT2D eigenvalue weighted by atomic mass is 9.94. The van der Waals surface area contributed by atoms with E-state index in [1.54, 1.807) is 0 Å². The zero-order valence-electron chi connectivity index (χ0n) is 11.6. The number of nitrogens with zero attached hydrogens (tertiary/aromatic N) is 1. The first-order valence-electron chi connectivity index (χ1n) is 7.44. The van der Waals surface area contributed by atoms with Crippen LogP contribution in [0, 0.1) is 5.92 Å². The lowest BCUT2D eigenvalue weighted by Gasteiger charge is -2.25. The van der Waals surface area contributed by atoms with Crippen molar-refractivity contribution in [2.45, 2.75) is 38.3 Å². The van der Waals surface area contributed by atoms with Crippen molar-refractivity contribution in [3.05, 3.63) is 34.3 Å². The number of nitrogens with one attached hydrogen (secondary N) is 1. The van der Waals surface area contributed by atoms with Crippen LogP contribution in [0.3, 0.4) is 0 Å². The summed E-state index contributed by atoms with van der Waals surface area (Å²) < 4.78 is 1.17. The van der Waals surface area contributed by atoms with Crippen molar-refractivity contribution < 1.29 is 0 Å². The Bertz CT molecular complexity index is 403. The van der Waals surface area contributed by atoms with E-state index in [0.717, 1.165) is 18.4 Å². The SMILES string of the molecule is CC(Cc1ccc(Br)cc1)N1C[C@@H]2CCCN[C@@H]2C1. The highest BCUT2D eigenvalue weighted by Gasteiger charge is 2.35. The van der Waals surface area contributed by atoms with Gasteiger partial charge in [-0.3, -0.25) is 4.90 Å². The van der Waals surface area contributed by atoms with Gasteiger partial charge in [0.1, 0.15) is 0 Å². The summed E-state index contributed by atoms with van der Waals surface area (Å²) in [4.78, 5) is 2.68. The predicted octanol–water partition coefficient (Wildman–Crippen LogP) is 3.06. The molecule has 0 radical (unpaired) electrons. The topological polar surface area (TPSA) is 15.3 Å². The van der Waals surface area contributed by atoms with Gasteiger partial charge in [-0.1, -0.05) is 28.1 Å².